The van der Waals surface area contributed by atoms with Crippen molar-refractivity contribution in [2.45, 2.75) is 12.5 Å². The number of benzene rings is 2. The minimum atomic E-state index is -0.941. The molecule has 0 aliphatic carbocycles. The lowest BCUT2D eigenvalue weighted by molar-refractivity contribution is -0.138. The minimum absolute atomic E-state index is 0.000707. The van der Waals surface area contributed by atoms with E-state index in [0.29, 0.717) is 27.2 Å². The number of ether oxygens (including phenoxy) is 1. The van der Waals surface area contributed by atoms with Crippen LogP contribution in [0.5, 0.6) is 0 Å². The lowest BCUT2D eigenvalue weighted by Gasteiger charge is -2.08. The second-order valence-electron chi connectivity index (χ2n) is 6.55. The van der Waals surface area contributed by atoms with Gasteiger partial charge in [-0.25, -0.2) is 9.59 Å². The van der Waals surface area contributed by atoms with Crippen LogP contribution in [0.3, 0.4) is 0 Å². The van der Waals surface area contributed by atoms with E-state index in [1.54, 1.807) is 48.5 Å². The van der Waals surface area contributed by atoms with Gasteiger partial charge in [0.05, 0.1) is 17.0 Å². The van der Waals surface area contributed by atoms with E-state index in [2.05, 4.69) is 5.32 Å². The van der Waals surface area contributed by atoms with E-state index in [9.17, 15) is 14.4 Å². The number of amides is 1. The molecule has 4 rings (SSSR count). The Morgan fingerprint density at radius 1 is 1.03 bits per heavy atom. The summed E-state index contributed by atoms with van der Waals surface area (Å²) in [5, 5.41) is 3.67. The summed E-state index contributed by atoms with van der Waals surface area (Å²) >= 11 is 17.6. The number of carbonyl (C=O) groups excluding carboxylic acids is 3. The van der Waals surface area contributed by atoms with Crippen LogP contribution >= 0.6 is 34.8 Å². The zero-order valence-corrected chi connectivity index (χ0v) is 17.5. The van der Waals surface area contributed by atoms with Gasteiger partial charge in [-0.05, 0) is 30.3 Å². The molecule has 9 heteroatoms. The summed E-state index contributed by atoms with van der Waals surface area (Å²) in [6.45, 7) is 0. The Kier molecular flexibility index (Phi) is 5.56. The lowest BCUT2D eigenvalue weighted by Crippen LogP contribution is -2.19. The third-order valence-electron chi connectivity index (χ3n) is 4.62. The standard InChI is InChI=1S/C21H13Cl3N2O4/c22-11-5-7-12(8-6-11)25-21(29)26-10-14(13-3-1-2-4-15(13)26)16(27)9-17-18(23)19(24)20(28)30-17/h1-8,10,17H,9H2,(H,25,29)/t17-/m1/s1. The predicted octanol–water partition coefficient (Wildman–Crippen LogP) is 5.56. The topological polar surface area (TPSA) is 77.4 Å². The van der Waals surface area contributed by atoms with Gasteiger partial charge in [-0.1, -0.05) is 53.0 Å². The van der Waals surface area contributed by atoms with Gasteiger partial charge in [0.25, 0.3) is 0 Å². The summed E-state index contributed by atoms with van der Waals surface area (Å²) in [6, 6.07) is 13.2. The smallest absolute Gasteiger partial charge is 0.351 e. The maximum Gasteiger partial charge on any atom is 0.351 e. The van der Waals surface area contributed by atoms with Crippen LogP contribution in [0.2, 0.25) is 5.02 Å². The van der Waals surface area contributed by atoms with Crippen LogP contribution in [0.1, 0.15) is 16.8 Å². The molecule has 0 saturated carbocycles. The number of halogens is 3. The first-order chi connectivity index (χ1) is 14.3. The molecule has 3 aromatic rings. The van der Waals surface area contributed by atoms with E-state index in [-0.39, 0.29) is 22.3 Å². The van der Waals surface area contributed by atoms with Crippen molar-refractivity contribution in [3.8, 4) is 0 Å². The zero-order chi connectivity index (χ0) is 21.4. The summed E-state index contributed by atoms with van der Waals surface area (Å²) in [7, 11) is 0. The number of anilines is 1. The molecule has 1 aliphatic rings. The van der Waals surface area contributed by atoms with Crippen LogP contribution < -0.4 is 5.32 Å². The summed E-state index contributed by atoms with van der Waals surface area (Å²) in [5.74, 6) is -1.10. The van der Waals surface area contributed by atoms with E-state index < -0.39 is 18.1 Å². The van der Waals surface area contributed by atoms with E-state index in [1.165, 1.54) is 10.8 Å². The molecule has 2 heterocycles. The van der Waals surface area contributed by atoms with Crippen LogP contribution in [0, 0.1) is 0 Å². The van der Waals surface area contributed by atoms with Gasteiger partial charge in [-0.3, -0.25) is 9.36 Å². The Bertz CT molecular complexity index is 1210. The highest BCUT2D eigenvalue weighted by atomic mass is 35.5. The third kappa shape index (κ3) is 3.81. The first-order valence-electron chi connectivity index (χ1n) is 8.81. The zero-order valence-electron chi connectivity index (χ0n) is 15.2. The molecule has 2 aromatic carbocycles. The molecule has 0 bridgehead atoms. The van der Waals surface area contributed by atoms with Crippen LogP contribution in [-0.4, -0.2) is 28.5 Å². The number of hydrogen-bond donors (Lipinski definition) is 1. The Hall–Kier alpha value is -2.80. The van der Waals surface area contributed by atoms with Gasteiger partial charge < -0.3 is 10.1 Å². The van der Waals surface area contributed by atoms with Gasteiger partial charge in [-0.2, -0.15) is 0 Å². The van der Waals surface area contributed by atoms with Crippen molar-refractivity contribution in [1.82, 2.24) is 4.57 Å². The number of hydrogen-bond acceptors (Lipinski definition) is 4. The number of nitrogens with one attached hydrogen (secondary N) is 1. The molecule has 30 heavy (non-hydrogen) atoms. The number of ketones is 1. The molecule has 1 atom stereocenters. The average molecular weight is 464 g/mol. The number of cyclic esters (lactones) is 1. The average Bonchev–Trinajstić information content (AvgIpc) is 3.23. The van der Waals surface area contributed by atoms with Gasteiger partial charge in [-0.15, -0.1) is 0 Å². The summed E-state index contributed by atoms with van der Waals surface area (Å²) in [4.78, 5) is 37.3. The fraction of sp³-hybridized carbons (Fsp3) is 0.0952. The molecule has 0 fully saturated rings. The highest BCUT2D eigenvalue weighted by molar-refractivity contribution is 6.48. The van der Waals surface area contributed by atoms with E-state index >= 15 is 0 Å². The van der Waals surface area contributed by atoms with Crippen molar-refractivity contribution in [3.63, 3.8) is 0 Å². The van der Waals surface area contributed by atoms with Gasteiger partial charge in [0.15, 0.2) is 5.78 Å². The Morgan fingerprint density at radius 3 is 2.40 bits per heavy atom. The van der Waals surface area contributed by atoms with Crippen molar-refractivity contribution >= 4 is 69.2 Å². The second kappa shape index (κ2) is 8.14. The van der Waals surface area contributed by atoms with Crippen molar-refractivity contribution in [3.05, 3.63) is 75.4 Å². The molecule has 6 nitrogen and oxygen atoms in total. The van der Waals surface area contributed by atoms with Crippen molar-refractivity contribution in [2.75, 3.05) is 5.32 Å². The fourth-order valence-electron chi connectivity index (χ4n) is 3.17. The summed E-state index contributed by atoms with van der Waals surface area (Å²) in [5.41, 5.74) is 1.41. The highest BCUT2D eigenvalue weighted by Crippen LogP contribution is 2.32. The normalized spacial score (nSPS) is 16.1. The van der Waals surface area contributed by atoms with Crippen molar-refractivity contribution < 1.29 is 19.1 Å². The predicted molar refractivity (Wildman–Crippen MR) is 115 cm³/mol. The van der Waals surface area contributed by atoms with Crippen molar-refractivity contribution in [1.29, 1.82) is 0 Å². The molecule has 0 radical (unpaired) electrons. The first-order valence-corrected chi connectivity index (χ1v) is 9.95. The van der Waals surface area contributed by atoms with Gasteiger partial charge in [0.1, 0.15) is 11.1 Å². The molecule has 1 N–H and O–H groups in total. The number of fused-ring (bicyclic) bond motifs is 1. The first kappa shape index (κ1) is 20.5. The lowest BCUT2D eigenvalue weighted by atomic mass is 10.0. The SMILES string of the molecule is O=C1O[C@H](CC(=O)c2cn(C(=O)Nc3ccc(Cl)cc3)c3ccccc23)C(Cl)=C1Cl. The quantitative estimate of drug-likeness (QED) is 0.406. The number of rotatable bonds is 4. The number of Topliss-reactive ketones (excluding diaryl/α,β-unsaturated/α-hetero) is 1. The summed E-state index contributed by atoms with van der Waals surface area (Å²) in [6.07, 6.45) is 0.325. The van der Waals surface area contributed by atoms with Crippen LogP contribution in [0.25, 0.3) is 10.9 Å². The Morgan fingerprint density at radius 2 is 1.73 bits per heavy atom. The molecule has 0 unspecified atom stereocenters. The van der Waals surface area contributed by atoms with E-state index in [4.69, 9.17) is 39.5 Å². The number of para-hydroxylation sites is 1. The molecule has 1 aliphatic heterocycles. The summed E-state index contributed by atoms with van der Waals surface area (Å²) < 4.78 is 6.39. The second-order valence-corrected chi connectivity index (χ2v) is 7.77. The molecular weight excluding hydrogens is 451 g/mol. The molecule has 0 spiro atoms. The highest BCUT2D eigenvalue weighted by Gasteiger charge is 2.34. The largest absolute Gasteiger partial charge is 0.452 e. The molecular formula is C21H13Cl3N2O4. The maximum atomic E-state index is 12.9. The third-order valence-corrected chi connectivity index (χ3v) is 5.76. The van der Waals surface area contributed by atoms with Crippen LogP contribution in [0.4, 0.5) is 10.5 Å². The Balaban J connectivity index is 1.64. The van der Waals surface area contributed by atoms with Crippen LogP contribution in [0.15, 0.2) is 64.8 Å². The van der Waals surface area contributed by atoms with Crippen LogP contribution in [-0.2, 0) is 9.53 Å². The van der Waals surface area contributed by atoms with Gasteiger partial charge in [0, 0.05) is 27.9 Å². The van der Waals surface area contributed by atoms with E-state index in [1.807, 2.05) is 0 Å². The molecule has 1 aromatic heterocycles. The number of aromatic nitrogens is 1. The molecule has 1 amide bonds. The van der Waals surface area contributed by atoms with Gasteiger partial charge in [0.2, 0.25) is 0 Å². The minimum Gasteiger partial charge on any atom is -0.452 e. The maximum absolute atomic E-state index is 12.9. The number of carbonyl (C=O) groups is 3. The molecule has 152 valence electrons. The van der Waals surface area contributed by atoms with Gasteiger partial charge >= 0.3 is 12.0 Å². The monoisotopic (exact) mass is 462 g/mol. The Labute approximate surface area is 186 Å². The fourth-order valence-corrected chi connectivity index (χ4v) is 3.66. The van der Waals surface area contributed by atoms with Crippen molar-refractivity contribution in [2.24, 2.45) is 0 Å². The number of esters is 1. The number of nitrogens with zero attached hydrogens (tertiary/aromatic N) is 1. The van der Waals surface area contributed by atoms with E-state index in [0.717, 1.165) is 0 Å². The molecule has 0 saturated heterocycles.